The number of rotatable bonds is 16. The normalized spacial score (nSPS) is 14.7. The van der Waals surface area contributed by atoms with Gasteiger partial charge in [0, 0.05) is 19.5 Å². The summed E-state index contributed by atoms with van der Waals surface area (Å²) < 4.78 is 73.7. The number of sulfonamides is 2. The third kappa shape index (κ3) is 17.7. The van der Waals surface area contributed by atoms with E-state index in [0.717, 1.165) is 21.1 Å². The molecule has 0 saturated heterocycles. The van der Waals surface area contributed by atoms with Crippen LogP contribution in [-0.2, 0) is 58.2 Å². The Morgan fingerprint density at radius 1 is 0.605 bits per heavy atom. The molecule has 16 heteroatoms. The first kappa shape index (κ1) is 40.9. The van der Waals surface area contributed by atoms with Gasteiger partial charge in [-0.3, -0.25) is 19.2 Å². The molecule has 0 rings (SSSR count). The molecule has 43 heavy (non-hydrogen) atoms. The summed E-state index contributed by atoms with van der Waals surface area (Å²) in [6.07, 6.45) is 0.686. The van der Waals surface area contributed by atoms with Crippen LogP contribution in [0.5, 0.6) is 0 Å². The van der Waals surface area contributed by atoms with E-state index in [1.165, 1.54) is 6.92 Å². The molecule has 0 spiro atoms. The Labute approximate surface area is 256 Å². The SMILES string of the molecule is CC(=O)C[C@@H](C(=O)OC(C)(C)C)N(CCOCCN([C@@H](CC(=O)OC(C)(C)C)C(=O)OC(C)(C)C)S(C)(=O)=O)S(C)(=O)=O. The summed E-state index contributed by atoms with van der Waals surface area (Å²) in [4.78, 5) is 50.3. The summed E-state index contributed by atoms with van der Waals surface area (Å²) in [6, 6.07) is -3.00. The molecule has 0 bridgehead atoms. The number of carbonyl (C=O) groups is 4. The van der Waals surface area contributed by atoms with E-state index in [4.69, 9.17) is 18.9 Å². The number of hydrogen-bond donors (Lipinski definition) is 0. The molecule has 0 unspecified atom stereocenters. The molecule has 0 saturated carbocycles. The van der Waals surface area contributed by atoms with Gasteiger partial charge in [-0.1, -0.05) is 0 Å². The second-order valence-corrected chi connectivity index (χ2v) is 17.0. The van der Waals surface area contributed by atoms with E-state index < -0.39 is 92.0 Å². The molecule has 0 aliphatic rings. The molecule has 252 valence electrons. The van der Waals surface area contributed by atoms with Crippen LogP contribution in [0.2, 0.25) is 0 Å². The van der Waals surface area contributed by atoms with E-state index in [1.54, 1.807) is 62.3 Å². The highest BCUT2D eigenvalue weighted by Gasteiger charge is 2.39. The first-order valence-electron chi connectivity index (χ1n) is 13.7. The lowest BCUT2D eigenvalue weighted by atomic mass is 10.1. The van der Waals surface area contributed by atoms with Crippen LogP contribution in [0.3, 0.4) is 0 Å². The predicted octanol–water partition coefficient (Wildman–Crippen LogP) is 1.66. The minimum absolute atomic E-state index is 0.301. The summed E-state index contributed by atoms with van der Waals surface area (Å²) in [7, 11) is -8.12. The highest BCUT2D eigenvalue weighted by molar-refractivity contribution is 7.88. The number of ketones is 1. The zero-order valence-electron chi connectivity index (χ0n) is 27.5. The van der Waals surface area contributed by atoms with Crippen molar-refractivity contribution >= 4 is 43.7 Å². The fourth-order valence-corrected chi connectivity index (χ4v) is 5.73. The largest absolute Gasteiger partial charge is 0.460 e. The lowest BCUT2D eigenvalue weighted by molar-refractivity contribution is -0.167. The third-order valence-electron chi connectivity index (χ3n) is 5.08. The van der Waals surface area contributed by atoms with Crippen molar-refractivity contribution in [2.75, 3.05) is 38.8 Å². The van der Waals surface area contributed by atoms with Gasteiger partial charge in [-0.2, -0.15) is 8.61 Å². The topological polar surface area (TPSA) is 180 Å². The predicted molar refractivity (Wildman–Crippen MR) is 159 cm³/mol. The van der Waals surface area contributed by atoms with E-state index in [2.05, 4.69) is 0 Å². The van der Waals surface area contributed by atoms with Crippen LogP contribution < -0.4 is 0 Å². The van der Waals surface area contributed by atoms with Gasteiger partial charge < -0.3 is 18.9 Å². The molecular weight excluding hydrogens is 608 g/mol. The van der Waals surface area contributed by atoms with E-state index >= 15 is 0 Å². The van der Waals surface area contributed by atoms with Gasteiger partial charge in [-0.15, -0.1) is 0 Å². The fourth-order valence-electron chi connectivity index (χ4n) is 3.68. The van der Waals surface area contributed by atoms with Crippen LogP contribution in [0.15, 0.2) is 0 Å². The van der Waals surface area contributed by atoms with Gasteiger partial charge in [-0.25, -0.2) is 16.8 Å². The molecule has 0 aliphatic heterocycles. The Morgan fingerprint density at radius 3 is 1.21 bits per heavy atom. The highest BCUT2D eigenvalue weighted by Crippen LogP contribution is 2.20. The van der Waals surface area contributed by atoms with Crippen molar-refractivity contribution in [3.63, 3.8) is 0 Å². The zero-order chi connectivity index (χ0) is 34.2. The monoisotopic (exact) mass is 658 g/mol. The molecular formula is C27H50N2O12S2. The summed E-state index contributed by atoms with van der Waals surface area (Å²) in [5, 5.41) is 0. The smallest absolute Gasteiger partial charge is 0.325 e. The van der Waals surface area contributed by atoms with Gasteiger partial charge in [0.1, 0.15) is 34.7 Å². The maximum absolute atomic E-state index is 13.0. The zero-order valence-corrected chi connectivity index (χ0v) is 29.1. The molecule has 0 aromatic rings. The molecule has 0 aliphatic carbocycles. The summed E-state index contributed by atoms with van der Waals surface area (Å²) >= 11 is 0. The summed E-state index contributed by atoms with van der Waals surface area (Å²) in [5.74, 6) is -3.12. The van der Waals surface area contributed by atoms with Gasteiger partial charge in [-0.05, 0) is 69.2 Å². The molecule has 0 amide bonds. The molecule has 0 aromatic carbocycles. The second-order valence-electron chi connectivity index (χ2n) is 13.2. The van der Waals surface area contributed by atoms with Crippen molar-refractivity contribution in [1.29, 1.82) is 0 Å². The van der Waals surface area contributed by atoms with Crippen LogP contribution in [0.25, 0.3) is 0 Å². The first-order valence-corrected chi connectivity index (χ1v) is 17.4. The number of ether oxygens (including phenoxy) is 4. The standard InChI is InChI=1S/C27H50N2O12S2/c1-19(30)17-20(23(32)40-26(5,6)7)28(42(11,34)35)13-15-38-16-14-29(43(12,36)37)21(24(33)41-27(8,9)10)18-22(31)39-25(2,3)4/h20-21H,13-18H2,1-12H3/t20-,21-/m0/s1. The van der Waals surface area contributed by atoms with E-state index in [0.29, 0.717) is 0 Å². The highest BCUT2D eigenvalue weighted by atomic mass is 32.2. The summed E-state index contributed by atoms with van der Waals surface area (Å²) in [5.41, 5.74) is -2.81. The number of esters is 3. The molecule has 2 atom stereocenters. The van der Waals surface area contributed by atoms with Crippen molar-refractivity contribution in [1.82, 2.24) is 8.61 Å². The Hall–Kier alpha value is -2.14. The van der Waals surface area contributed by atoms with Crippen LogP contribution in [0, 0.1) is 0 Å². The second kappa shape index (κ2) is 15.7. The lowest BCUT2D eigenvalue weighted by Gasteiger charge is -2.31. The number of nitrogens with zero attached hydrogens (tertiary/aromatic N) is 2. The summed E-state index contributed by atoms with van der Waals surface area (Å²) in [6.45, 7) is 14.3. The van der Waals surface area contributed by atoms with E-state index in [1.807, 2.05) is 0 Å². The van der Waals surface area contributed by atoms with Gasteiger partial charge in [0.15, 0.2) is 0 Å². The first-order chi connectivity index (χ1) is 19.0. The Kier molecular flexibility index (Phi) is 14.9. The van der Waals surface area contributed by atoms with Crippen molar-refractivity contribution in [2.24, 2.45) is 0 Å². The minimum atomic E-state index is -4.10. The van der Waals surface area contributed by atoms with Crippen molar-refractivity contribution in [2.45, 2.75) is 111 Å². The Morgan fingerprint density at radius 2 is 0.930 bits per heavy atom. The number of carbonyl (C=O) groups excluding carboxylic acids is 4. The minimum Gasteiger partial charge on any atom is -0.460 e. The van der Waals surface area contributed by atoms with Gasteiger partial charge in [0.05, 0.1) is 32.1 Å². The molecule has 0 radical (unpaired) electrons. The van der Waals surface area contributed by atoms with Crippen LogP contribution >= 0.6 is 0 Å². The third-order valence-corrected chi connectivity index (χ3v) is 7.66. The van der Waals surface area contributed by atoms with Crippen molar-refractivity contribution in [3.8, 4) is 0 Å². The van der Waals surface area contributed by atoms with E-state index in [9.17, 15) is 36.0 Å². The van der Waals surface area contributed by atoms with Crippen LogP contribution in [0.4, 0.5) is 0 Å². The van der Waals surface area contributed by atoms with Crippen molar-refractivity contribution < 1.29 is 55.0 Å². The average molecular weight is 659 g/mol. The molecule has 0 N–H and O–H groups in total. The molecule has 0 heterocycles. The number of Topliss-reactive ketones (excluding diaryl/α,β-unsaturated/α-hetero) is 1. The fraction of sp³-hybridized carbons (Fsp3) is 0.852. The maximum atomic E-state index is 13.0. The van der Waals surface area contributed by atoms with Crippen molar-refractivity contribution in [3.05, 3.63) is 0 Å². The van der Waals surface area contributed by atoms with Gasteiger partial charge >= 0.3 is 17.9 Å². The Bertz CT molecular complexity index is 1190. The maximum Gasteiger partial charge on any atom is 0.325 e. The molecule has 0 aromatic heterocycles. The van der Waals surface area contributed by atoms with Gasteiger partial charge in [0.2, 0.25) is 20.0 Å². The lowest BCUT2D eigenvalue weighted by Crippen LogP contribution is -2.50. The molecule has 0 fully saturated rings. The van der Waals surface area contributed by atoms with E-state index in [-0.39, 0.29) is 19.8 Å². The molecule has 14 nitrogen and oxygen atoms in total. The van der Waals surface area contributed by atoms with Gasteiger partial charge in [0.25, 0.3) is 0 Å². The Balaban J connectivity index is 5.90. The van der Waals surface area contributed by atoms with Crippen LogP contribution in [0.1, 0.15) is 82.1 Å². The van der Waals surface area contributed by atoms with Crippen LogP contribution in [-0.4, -0.2) is 117 Å². The average Bonchev–Trinajstić information content (AvgIpc) is 2.70. The number of hydrogen-bond acceptors (Lipinski definition) is 12. The quantitative estimate of drug-likeness (QED) is 0.133.